The first-order chi connectivity index (χ1) is 12.2. The van der Waals surface area contributed by atoms with Crippen LogP contribution in [0.5, 0.6) is 0 Å². The number of hydrogen-bond acceptors (Lipinski definition) is 5. The molecule has 0 amide bonds. The van der Waals surface area contributed by atoms with Gasteiger partial charge in [0.05, 0.1) is 5.52 Å². The summed E-state index contributed by atoms with van der Waals surface area (Å²) >= 11 is 0. The number of pyridine rings is 1. The highest BCUT2D eigenvalue weighted by atomic mass is 16.5. The van der Waals surface area contributed by atoms with E-state index in [1.165, 1.54) is 37.7 Å². The summed E-state index contributed by atoms with van der Waals surface area (Å²) in [4.78, 5) is 9.29. The number of fused-ring (bicyclic) bond motifs is 3. The van der Waals surface area contributed by atoms with Gasteiger partial charge in [0.15, 0.2) is 11.6 Å². The van der Waals surface area contributed by atoms with Crippen LogP contribution < -0.4 is 11.6 Å². The third-order valence-electron chi connectivity index (χ3n) is 5.26. The van der Waals surface area contributed by atoms with Crippen molar-refractivity contribution in [1.29, 1.82) is 0 Å². The molecule has 2 heterocycles. The van der Waals surface area contributed by atoms with Gasteiger partial charge in [0.1, 0.15) is 17.6 Å². The van der Waals surface area contributed by atoms with Crippen LogP contribution in [0.3, 0.4) is 0 Å². The summed E-state index contributed by atoms with van der Waals surface area (Å²) < 4.78 is 7.08. The Morgan fingerprint density at radius 2 is 1.96 bits per heavy atom. The fourth-order valence-electron chi connectivity index (χ4n) is 4.00. The number of nitrogens with zero attached hydrogens (tertiary/aromatic N) is 3. The number of aromatic nitrogens is 3. The van der Waals surface area contributed by atoms with Gasteiger partial charge in [-0.1, -0.05) is 37.5 Å². The Labute approximate surface area is 147 Å². The molecule has 1 aliphatic carbocycles. The molecular formula is C19H25N5O. The molecule has 0 spiro atoms. The first kappa shape index (κ1) is 16.1. The molecule has 2 aromatic heterocycles. The average Bonchev–Trinajstić information content (AvgIpc) is 2.98. The van der Waals surface area contributed by atoms with E-state index < -0.39 is 0 Å². The van der Waals surface area contributed by atoms with Gasteiger partial charge in [0, 0.05) is 12.0 Å². The summed E-state index contributed by atoms with van der Waals surface area (Å²) in [5.74, 6) is 7.99. The van der Waals surface area contributed by atoms with Crippen LogP contribution in [0.25, 0.3) is 21.9 Å². The zero-order valence-electron chi connectivity index (χ0n) is 14.7. The van der Waals surface area contributed by atoms with Crippen LogP contribution in [0.2, 0.25) is 0 Å². The molecule has 0 bridgehead atoms. The molecular weight excluding hydrogens is 314 g/mol. The predicted molar refractivity (Wildman–Crippen MR) is 101 cm³/mol. The normalized spacial score (nSPS) is 16.0. The summed E-state index contributed by atoms with van der Waals surface area (Å²) in [6.45, 7) is 2.93. The monoisotopic (exact) mass is 339 g/mol. The van der Waals surface area contributed by atoms with Gasteiger partial charge in [-0.25, -0.2) is 14.6 Å². The minimum absolute atomic E-state index is 0.366. The van der Waals surface area contributed by atoms with Crippen LogP contribution >= 0.6 is 0 Å². The van der Waals surface area contributed by atoms with E-state index in [1.807, 2.05) is 6.92 Å². The first-order valence-electron chi connectivity index (χ1n) is 9.13. The van der Waals surface area contributed by atoms with Gasteiger partial charge in [-0.2, -0.15) is 0 Å². The van der Waals surface area contributed by atoms with Crippen molar-refractivity contribution >= 4 is 27.8 Å². The number of rotatable bonds is 4. The van der Waals surface area contributed by atoms with E-state index >= 15 is 0 Å². The van der Waals surface area contributed by atoms with Crippen LogP contribution in [0, 0.1) is 0 Å². The van der Waals surface area contributed by atoms with Gasteiger partial charge in [-0.05, 0) is 31.2 Å². The van der Waals surface area contributed by atoms with Crippen LogP contribution in [-0.2, 0) is 11.3 Å². The first-order valence-corrected chi connectivity index (χ1v) is 9.13. The van der Waals surface area contributed by atoms with Gasteiger partial charge in [0.2, 0.25) is 0 Å². The van der Waals surface area contributed by atoms with E-state index in [0.717, 1.165) is 16.4 Å². The minimum atomic E-state index is 0.366. The highest BCUT2D eigenvalue weighted by Gasteiger charge is 2.22. The Hall–Kier alpha value is -2.34. The number of nitrogen functional groups attached to an aromatic ring is 2. The quantitative estimate of drug-likeness (QED) is 0.710. The molecule has 25 heavy (non-hydrogen) atoms. The fourth-order valence-corrected chi connectivity index (χ4v) is 4.00. The smallest absolute Gasteiger partial charge is 0.154 e. The number of benzene rings is 1. The standard InChI is InChI=1S/C19H25N5O/c1-2-25-11-15-22-17-18(24(15)21)14-10-6-9-13(16(14)23-19(17)20)12-7-4-3-5-8-12/h6,9-10,12H,2-5,7-8,11,21H2,1H3,(H2,20,23). The molecule has 1 aromatic carbocycles. The molecule has 1 aliphatic rings. The van der Waals surface area contributed by atoms with Gasteiger partial charge < -0.3 is 16.3 Å². The number of para-hydroxylation sites is 1. The highest BCUT2D eigenvalue weighted by Crippen LogP contribution is 2.38. The van der Waals surface area contributed by atoms with Crippen molar-refractivity contribution in [2.45, 2.75) is 51.6 Å². The summed E-state index contributed by atoms with van der Waals surface area (Å²) in [6, 6.07) is 6.35. The second-order valence-electron chi connectivity index (χ2n) is 6.81. The lowest BCUT2D eigenvalue weighted by molar-refractivity contribution is 0.127. The van der Waals surface area contributed by atoms with E-state index in [1.54, 1.807) is 4.68 Å². The average molecular weight is 339 g/mol. The third kappa shape index (κ3) is 2.70. The summed E-state index contributed by atoms with van der Waals surface area (Å²) in [7, 11) is 0. The molecule has 6 nitrogen and oxygen atoms in total. The van der Waals surface area contributed by atoms with Crippen molar-refractivity contribution < 1.29 is 4.74 Å². The number of hydrogen-bond donors (Lipinski definition) is 2. The van der Waals surface area contributed by atoms with Gasteiger partial charge in [0.25, 0.3) is 0 Å². The van der Waals surface area contributed by atoms with Crippen molar-refractivity contribution in [2.75, 3.05) is 18.2 Å². The lowest BCUT2D eigenvalue weighted by atomic mass is 9.83. The number of ether oxygens (including phenoxy) is 1. The number of nitrogens with two attached hydrogens (primary N) is 2. The van der Waals surface area contributed by atoms with Gasteiger partial charge >= 0.3 is 0 Å². The number of imidazole rings is 1. The van der Waals surface area contributed by atoms with Crippen molar-refractivity contribution in [3.05, 3.63) is 29.6 Å². The molecule has 1 saturated carbocycles. The van der Waals surface area contributed by atoms with Crippen LogP contribution in [0.1, 0.15) is 56.3 Å². The minimum Gasteiger partial charge on any atom is -0.382 e. The maximum absolute atomic E-state index is 6.33. The van der Waals surface area contributed by atoms with E-state index in [2.05, 4.69) is 23.2 Å². The Bertz CT molecular complexity index is 911. The predicted octanol–water partition coefficient (Wildman–Crippen LogP) is 3.46. The second kappa shape index (κ2) is 6.52. The molecule has 4 rings (SSSR count). The molecule has 0 aliphatic heterocycles. The lowest BCUT2D eigenvalue weighted by Crippen LogP contribution is -2.14. The maximum atomic E-state index is 6.33. The fraction of sp³-hybridized carbons (Fsp3) is 0.474. The zero-order chi connectivity index (χ0) is 17.4. The molecule has 0 atom stereocenters. The van der Waals surface area contributed by atoms with E-state index in [9.17, 15) is 0 Å². The zero-order valence-corrected chi connectivity index (χ0v) is 14.7. The molecule has 3 aromatic rings. The summed E-state index contributed by atoms with van der Waals surface area (Å²) in [5, 5.41) is 1.02. The van der Waals surface area contributed by atoms with Crippen LogP contribution in [0.4, 0.5) is 5.82 Å². The lowest BCUT2D eigenvalue weighted by Gasteiger charge is -2.23. The summed E-state index contributed by atoms with van der Waals surface area (Å²) in [5.41, 5.74) is 10.0. The second-order valence-corrected chi connectivity index (χ2v) is 6.81. The highest BCUT2D eigenvalue weighted by molar-refractivity contribution is 6.07. The maximum Gasteiger partial charge on any atom is 0.154 e. The summed E-state index contributed by atoms with van der Waals surface area (Å²) in [6.07, 6.45) is 6.34. The van der Waals surface area contributed by atoms with Crippen LogP contribution in [-0.4, -0.2) is 21.3 Å². The molecule has 6 heteroatoms. The van der Waals surface area contributed by atoms with E-state index in [4.69, 9.17) is 21.3 Å². The molecule has 1 fully saturated rings. The van der Waals surface area contributed by atoms with E-state index in [-0.39, 0.29) is 0 Å². The molecule has 0 unspecified atom stereocenters. The molecule has 0 radical (unpaired) electrons. The van der Waals surface area contributed by atoms with Gasteiger partial charge in [-0.3, -0.25) is 0 Å². The van der Waals surface area contributed by atoms with Crippen molar-refractivity contribution in [3.8, 4) is 0 Å². The number of anilines is 1. The molecule has 0 saturated heterocycles. The Morgan fingerprint density at radius 1 is 1.16 bits per heavy atom. The Kier molecular flexibility index (Phi) is 4.21. The Morgan fingerprint density at radius 3 is 2.72 bits per heavy atom. The molecule has 132 valence electrons. The van der Waals surface area contributed by atoms with Crippen molar-refractivity contribution in [1.82, 2.24) is 14.6 Å². The third-order valence-corrected chi connectivity index (χ3v) is 5.26. The molecule has 4 N–H and O–H groups in total. The van der Waals surface area contributed by atoms with Crippen molar-refractivity contribution in [3.63, 3.8) is 0 Å². The van der Waals surface area contributed by atoms with E-state index in [0.29, 0.717) is 36.3 Å². The van der Waals surface area contributed by atoms with Crippen LogP contribution in [0.15, 0.2) is 18.2 Å². The topological polar surface area (TPSA) is 92.0 Å². The largest absolute Gasteiger partial charge is 0.382 e. The Balaban J connectivity index is 1.93. The SMILES string of the molecule is CCOCc1nc2c(N)nc3c(C4CCCCC4)cccc3c2n1N. The van der Waals surface area contributed by atoms with Crippen molar-refractivity contribution in [2.24, 2.45) is 0 Å². The van der Waals surface area contributed by atoms with Gasteiger partial charge in [-0.15, -0.1) is 0 Å².